The molecule has 368 valence electrons. The van der Waals surface area contributed by atoms with Gasteiger partial charge in [-0.3, -0.25) is 14.5 Å². The van der Waals surface area contributed by atoms with E-state index in [1.165, 1.54) is 22.8 Å². The molecule has 0 spiro atoms. The minimum atomic E-state index is -3.61. The quantitative estimate of drug-likeness (QED) is 0.0661. The Morgan fingerprint density at radius 3 is 2.52 bits per heavy atom. The maximum atomic E-state index is 14.0. The zero-order valence-corrected chi connectivity index (χ0v) is 38.1. The molecule has 2 saturated heterocycles. The number of carboxylic acids is 1. The van der Waals surface area contributed by atoms with Gasteiger partial charge in [-0.2, -0.15) is 0 Å². The first-order valence-corrected chi connectivity index (χ1v) is 23.7. The Morgan fingerprint density at radius 2 is 1.78 bits per heavy atom. The first-order valence-electron chi connectivity index (χ1n) is 21.6. The minimum absolute atomic E-state index is 0.0217. The first-order chi connectivity index (χ1) is 33.0. The van der Waals surface area contributed by atoms with Crippen molar-refractivity contribution in [3.05, 3.63) is 74.6 Å². The predicted molar refractivity (Wildman–Crippen MR) is 233 cm³/mol. The number of pyridine rings is 2. The number of benzene rings is 2. The molecule has 5 N–H and O–H groups in total. The van der Waals surface area contributed by atoms with E-state index in [-0.39, 0.29) is 75.4 Å². The van der Waals surface area contributed by atoms with Crippen molar-refractivity contribution in [2.75, 3.05) is 57.8 Å². The van der Waals surface area contributed by atoms with Crippen LogP contribution in [-0.4, -0.2) is 145 Å². The average Bonchev–Trinajstić information content (AvgIpc) is 4.08. The fourth-order valence-electron chi connectivity index (χ4n) is 8.74. The number of aliphatic carboxylic acids is 1. The van der Waals surface area contributed by atoms with E-state index in [1.807, 2.05) is 0 Å². The lowest BCUT2D eigenvalue weighted by Gasteiger charge is -2.38. The summed E-state index contributed by atoms with van der Waals surface area (Å²) in [5.74, 6) is -2.39. The van der Waals surface area contributed by atoms with Gasteiger partial charge in [0.25, 0.3) is 5.56 Å². The Hall–Kier alpha value is -6.45. The van der Waals surface area contributed by atoms with Crippen LogP contribution in [0, 0.1) is 0 Å². The van der Waals surface area contributed by atoms with Crippen LogP contribution in [-0.2, 0) is 84.6 Å². The Kier molecular flexibility index (Phi) is 13.0. The SMILES string of the molecule is CC[C@@]1(O)C(=O)OCc2c1cc1n(c2=O)Cc2c-1nc1cc3c(cc1c2COCN(CCS(C)(=O)=O)C(=O)OCc1ccc(O[C@@H]2OC(C(=O)O)[C@H]4OCOC4C2O)c(NC(=O)CNC)c1)OCO3. The first kappa shape index (κ1) is 47.6. The maximum absolute atomic E-state index is 14.0. The van der Waals surface area contributed by atoms with Gasteiger partial charge < -0.3 is 73.2 Å². The van der Waals surface area contributed by atoms with Crippen molar-refractivity contribution in [1.82, 2.24) is 19.8 Å². The normalized spacial score (nSPS) is 23.1. The third kappa shape index (κ3) is 9.14. The van der Waals surface area contributed by atoms with Crippen molar-refractivity contribution in [3.8, 4) is 28.6 Å². The van der Waals surface area contributed by atoms with E-state index in [2.05, 4.69) is 10.6 Å². The van der Waals surface area contributed by atoms with Crippen LogP contribution in [0.3, 0.4) is 0 Å². The van der Waals surface area contributed by atoms with Crippen molar-refractivity contribution >= 4 is 50.4 Å². The summed E-state index contributed by atoms with van der Waals surface area (Å²) in [6.07, 6.45) is -6.79. The van der Waals surface area contributed by atoms with Crippen molar-refractivity contribution in [2.45, 2.75) is 76.0 Å². The Balaban J connectivity index is 0.958. The Bertz CT molecular complexity index is 2930. The molecule has 69 heavy (non-hydrogen) atoms. The molecule has 6 atom stereocenters. The number of aliphatic hydroxyl groups excluding tert-OH is 1. The monoisotopic (exact) mass is 981 g/mol. The lowest BCUT2D eigenvalue weighted by Crippen LogP contribution is -2.60. The number of nitrogens with one attached hydrogen (secondary N) is 2. The Labute approximate surface area is 391 Å². The molecule has 5 aliphatic rings. The van der Waals surface area contributed by atoms with Crippen molar-refractivity contribution in [1.29, 1.82) is 0 Å². The average molecular weight is 982 g/mol. The van der Waals surface area contributed by atoms with Gasteiger partial charge in [0.05, 0.1) is 53.6 Å². The van der Waals surface area contributed by atoms with E-state index in [9.17, 15) is 47.7 Å². The van der Waals surface area contributed by atoms with Gasteiger partial charge in [-0.1, -0.05) is 13.0 Å². The number of carbonyl (C=O) groups excluding carboxylic acids is 3. The number of anilines is 1. The van der Waals surface area contributed by atoms with Crippen molar-refractivity contribution < 1.29 is 85.5 Å². The second-order valence-corrected chi connectivity index (χ2v) is 19.1. The number of carbonyl (C=O) groups is 4. The van der Waals surface area contributed by atoms with E-state index < -0.39 is 94.7 Å². The molecule has 0 bridgehead atoms. The van der Waals surface area contributed by atoms with E-state index in [0.717, 1.165) is 11.2 Å². The highest BCUT2D eigenvalue weighted by molar-refractivity contribution is 7.90. The summed E-state index contributed by atoms with van der Waals surface area (Å²) in [5, 5.41) is 38.1. The number of nitrogens with zero attached hydrogens (tertiary/aromatic N) is 3. The molecular formula is C44H47N5O19S. The smallest absolute Gasteiger partial charge is 0.411 e. The number of hydrogen-bond donors (Lipinski definition) is 5. The number of hydrogen-bond acceptors (Lipinski definition) is 20. The van der Waals surface area contributed by atoms with Gasteiger partial charge in [-0.25, -0.2) is 27.8 Å². The maximum Gasteiger partial charge on any atom is 0.411 e. The molecule has 2 aromatic carbocycles. The van der Waals surface area contributed by atoms with Crippen LogP contribution in [0.25, 0.3) is 22.3 Å². The number of aliphatic hydroxyl groups is 2. The molecule has 3 unspecified atom stereocenters. The molecule has 0 radical (unpaired) electrons. The number of rotatable bonds is 16. The Morgan fingerprint density at radius 1 is 1.01 bits per heavy atom. The minimum Gasteiger partial charge on any atom is -0.479 e. The number of cyclic esters (lactones) is 1. The number of likely N-dealkylation sites (N-methyl/N-ethyl adjacent to an activating group) is 1. The van der Waals surface area contributed by atoms with Gasteiger partial charge in [-0.15, -0.1) is 0 Å². The molecule has 0 saturated carbocycles. The van der Waals surface area contributed by atoms with Gasteiger partial charge in [0.1, 0.15) is 60.6 Å². The summed E-state index contributed by atoms with van der Waals surface area (Å²) in [6, 6.07) is 9.24. The third-order valence-electron chi connectivity index (χ3n) is 12.3. The number of esters is 1. The second-order valence-electron chi connectivity index (χ2n) is 16.8. The zero-order valence-electron chi connectivity index (χ0n) is 37.3. The highest BCUT2D eigenvalue weighted by Crippen LogP contribution is 2.44. The van der Waals surface area contributed by atoms with Gasteiger partial charge in [0, 0.05) is 35.4 Å². The largest absolute Gasteiger partial charge is 0.479 e. The van der Waals surface area contributed by atoms with Gasteiger partial charge in [-0.05, 0) is 48.9 Å². The summed E-state index contributed by atoms with van der Waals surface area (Å²) in [7, 11) is -2.06. The summed E-state index contributed by atoms with van der Waals surface area (Å²) in [5.41, 5.74) is 0.374. The van der Waals surface area contributed by atoms with Gasteiger partial charge in [0.2, 0.25) is 19.0 Å². The molecule has 9 rings (SSSR count). The fraction of sp³-hybridized carbons (Fsp3) is 0.455. The number of fused-ring (bicyclic) bond motifs is 7. The van der Waals surface area contributed by atoms with E-state index >= 15 is 0 Å². The van der Waals surface area contributed by atoms with E-state index in [0.29, 0.717) is 50.5 Å². The number of aromatic nitrogens is 2. The zero-order chi connectivity index (χ0) is 48.9. The van der Waals surface area contributed by atoms with Crippen LogP contribution in [0.1, 0.15) is 41.2 Å². The topological polar surface area (TPSA) is 308 Å². The molecule has 24 nitrogen and oxygen atoms in total. The van der Waals surface area contributed by atoms with Crippen LogP contribution < -0.4 is 30.4 Å². The molecule has 4 aromatic rings. The number of ether oxygens (including phenoxy) is 9. The van der Waals surface area contributed by atoms with Gasteiger partial charge in [0.15, 0.2) is 23.2 Å². The summed E-state index contributed by atoms with van der Waals surface area (Å²) >= 11 is 0. The second kappa shape index (κ2) is 18.8. The number of sulfone groups is 1. The molecular weight excluding hydrogens is 935 g/mol. The lowest BCUT2D eigenvalue weighted by atomic mass is 9.86. The van der Waals surface area contributed by atoms with Crippen LogP contribution in [0.2, 0.25) is 0 Å². The molecule has 5 aliphatic heterocycles. The third-order valence-corrected chi connectivity index (χ3v) is 13.3. The van der Waals surface area contributed by atoms with Crippen LogP contribution in [0.4, 0.5) is 10.5 Å². The molecule has 0 aliphatic carbocycles. The molecule has 2 aromatic heterocycles. The van der Waals surface area contributed by atoms with E-state index in [4.69, 9.17) is 47.6 Å². The summed E-state index contributed by atoms with van der Waals surface area (Å²) in [4.78, 5) is 71.3. The van der Waals surface area contributed by atoms with Crippen LogP contribution in [0.5, 0.6) is 17.2 Å². The number of amides is 2. The molecule has 2 amide bonds. The highest BCUT2D eigenvalue weighted by atomic mass is 32.2. The summed E-state index contributed by atoms with van der Waals surface area (Å²) < 4.78 is 76.7. The lowest BCUT2D eigenvalue weighted by molar-refractivity contribution is -0.249. The highest BCUT2D eigenvalue weighted by Gasteiger charge is 2.54. The van der Waals surface area contributed by atoms with Gasteiger partial charge >= 0.3 is 18.0 Å². The van der Waals surface area contributed by atoms with Crippen LogP contribution >= 0.6 is 0 Å². The predicted octanol–water partition coefficient (Wildman–Crippen LogP) is 0.414. The summed E-state index contributed by atoms with van der Waals surface area (Å²) in [6.45, 7) is -0.537. The fourth-order valence-corrected chi connectivity index (χ4v) is 9.29. The molecule has 2 fully saturated rings. The number of carboxylic acid groups (broad SMARTS) is 1. The standard InChI is InChI=1S/C44H47N5O19S/c1-4-44(57)26-11-29-34-23(14-49(29)39(52)25(26)17-61-42(44)55)24(22-10-31-32(64-19-63-31)12-27(22)47-34)16-60-18-48(7-8-69(3,58)59)43(56)62-15-21-5-6-30(28(9-21)46-33(50)13-45-2)67-41-35(51)36-37(66-20-65-36)38(68-41)40(53)54/h5-6,9-12,35-38,41,45,51,57H,4,7-8,13-20H2,1-3H3,(H,46,50)(H,53,54)/t35?,36?,37-,38?,41+,44-/m0/s1. The van der Waals surface area contributed by atoms with Crippen molar-refractivity contribution in [3.63, 3.8) is 0 Å². The molecule has 25 heteroatoms. The van der Waals surface area contributed by atoms with Crippen LogP contribution in [0.15, 0.2) is 41.2 Å². The molecule has 7 heterocycles. The van der Waals surface area contributed by atoms with E-state index in [1.54, 1.807) is 32.2 Å². The van der Waals surface area contributed by atoms with Crippen molar-refractivity contribution in [2.24, 2.45) is 0 Å².